The normalized spacial score (nSPS) is 36.0. The van der Waals surface area contributed by atoms with Crippen LogP contribution in [0.5, 0.6) is 0 Å². The molecule has 0 heterocycles. The van der Waals surface area contributed by atoms with Crippen molar-refractivity contribution in [1.82, 2.24) is 0 Å². The van der Waals surface area contributed by atoms with E-state index in [-0.39, 0.29) is 0 Å². The summed E-state index contributed by atoms with van der Waals surface area (Å²) >= 11 is 0. The van der Waals surface area contributed by atoms with Crippen molar-refractivity contribution in [1.29, 1.82) is 0 Å². The number of rotatable bonds is 2. The molecule has 4 atom stereocenters. The van der Waals surface area contributed by atoms with Gasteiger partial charge >= 0.3 is 0 Å². The molecule has 0 radical (unpaired) electrons. The average Bonchev–Trinajstić information content (AvgIpc) is 2.95. The summed E-state index contributed by atoms with van der Waals surface area (Å²) in [7, 11) is 0. The Hall–Kier alpha value is -1.63. The molecular formula is C20H20O. The van der Waals surface area contributed by atoms with E-state index >= 15 is 0 Å². The van der Waals surface area contributed by atoms with Crippen LogP contribution in [0.1, 0.15) is 35.2 Å². The van der Waals surface area contributed by atoms with E-state index in [1.807, 2.05) is 0 Å². The molecule has 0 N–H and O–H groups in total. The molecule has 106 valence electrons. The van der Waals surface area contributed by atoms with Gasteiger partial charge in [0.15, 0.2) is 5.78 Å². The van der Waals surface area contributed by atoms with E-state index < -0.39 is 0 Å². The highest BCUT2D eigenvalue weighted by Gasteiger charge is 2.67. The highest BCUT2D eigenvalue weighted by atomic mass is 16.1. The fourth-order valence-electron chi connectivity index (χ4n) is 5.52. The van der Waals surface area contributed by atoms with Crippen molar-refractivity contribution in [3.8, 4) is 0 Å². The Bertz CT molecular complexity index is 744. The van der Waals surface area contributed by atoms with E-state index in [4.69, 9.17) is 0 Å². The van der Waals surface area contributed by atoms with Crippen LogP contribution >= 0.6 is 0 Å². The van der Waals surface area contributed by atoms with E-state index in [1.54, 1.807) is 0 Å². The molecule has 2 aromatic rings. The van der Waals surface area contributed by atoms with Crippen molar-refractivity contribution in [2.75, 3.05) is 0 Å². The van der Waals surface area contributed by atoms with Gasteiger partial charge in [-0.2, -0.15) is 0 Å². The lowest BCUT2D eigenvalue weighted by Crippen LogP contribution is -2.10. The van der Waals surface area contributed by atoms with Gasteiger partial charge in [0.05, 0.1) is 0 Å². The Morgan fingerprint density at radius 2 is 1.62 bits per heavy atom. The van der Waals surface area contributed by atoms with Crippen LogP contribution in [0.25, 0.3) is 10.8 Å². The molecule has 21 heavy (non-hydrogen) atoms. The van der Waals surface area contributed by atoms with Gasteiger partial charge in [0.1, 0.15) is 0 Å². The average molecular weight is 276 g/mol. The van der Waals surface area contributed by atoms with E-state index in [1.165, 1.54) is 30.2 Å². The number of aryl methyl sites for hydroxylation is 1. The van der Waals surface area contributed by atoms with Crippen LogP contribution < -0.4 is 0 Å². The molecule has 0 saturated heterocycles. The van der Waals surface area contributed by atoms with Crippen LogP contribution in [0.15, 0.2) is 36.4 Å². The number of hydrogen-bond acceptors (Lipinski definition) is 1. The van der Waals surface area contributed by atoms with Crippen molar-refractivity contribution >= 4 is 16.6 Å². The lowest BCUT2D eigenvalue weighted by Gasteiger charge is -2.11. The van der Waals surface area contributed by atoms with Crippen LogP contribution in [0.4, 0.5) is 0 Å². The summed E-state index contributed by atoms with van der Waals surface area (Å²) in [6, 6.07) is 12.5. The van der Waals surface area contributed by atoms with Crippen molar-refractivity contribution in [3.05, 3.63) is 47.5 Å². The van der Waals surface area contributed by atoms with Crippen LogP contribution in [-0.4, -0.2) is 5.78 Å². The molecule has 1 heteroatoms. The molecule has 2 aromatic carbocycles. The molecule has 3 aliphatic rings. The minimum Gasteiger partial charge on any atom is -0.294 e. The number of carbonyl (C=O) groups is 1. The fraction of sp³-hybridized carbons (Fsp3) is 0.450. The number of Topliss-reactive ketones (excluding diaryl/α,β-unsaturated/α-hetero) is 1. The van der Waals surface area contributed by atoms with E-state index in [2.05, 4.69) is 43.3 Å². The maximum absolute atomic E-state index is 13.1. The zero-order valence-corrected chi connectivity index (χ0v) is 12.4. The summed E-state index contributed by atoms with van der Waals surface area (Å²) in [4.78, 5) is 13.1. The minimum absolute atomic E-state index is 0.349. The van der Waals surface area contributed by atoms with Gasteiger partial charge in [-0.05, 0) is 66.2 Å². The second kappa shape index (κ2) is 3.97. The van der Waals surface area contributed by atoms with Gasteiger partial charge < -0.3 is 0 Å². The molecule has 0 amide bonds. The quantitative estimate of drug-likeness (QED) is 0.731. The Morgan fingerprint density at radius 1 is 0.952 bits per heavy atom. The first-order valence-corrected chi connectivity index (χ1v) is 8.28. The zero-order valence-electron chi connectivity index (χ0n) is 12.4. The Kier molecular flexibility index (Phi) is 2.26. The number of hydrogen-bond donors (Lipinski definition) is 0. The van der Waals surface area contributed by atoms with E-state index in [0.29, 0.717) is 11.7 Å². The predicted octanol–water partition coefficient (Wildman–Crippen LogP) is 4.62. The molecule has 0 aromatic heterocycles. The summed E-state index contributed by atoms with van der Waals surface area (Å²) in [5.41, 5.74) is 2.23. The first kappa shape index (κ1) is 12.0. The topological polar surface area (TPSA) is 17.1 Å². The standard InChI is InChI=1S/C20H20O/c1-11-6-9-16(15-5-3-2-4-14(11)15)20(21)19-17-12-7-8-13(10-12)18(17)19/h2-6,9,12-13,17-19H,7-8,10H2,1H3. The third-order valence-corrected chi connectivity index (χ3v) is 6.45. The number of carbonyl (C=O) groups excluding carboxylic acids is 1. The predicted molar refractivity (Wildman–Crippen MR) is 84.3 cm³/mol. The van der Waals surface area contributed by atoms with Crippen LogP contribution in [0.2, 0.25) is 0 Å². The van der Waals surface area contributed by atoms with Gasteiger partial charge in [-0.3, -0.25) is 4.79 Å². The highest BCUT2D eigenvalue weighted by Crippen LogP contribution is 2.70. The molecule has 3 saturated carbocycles. The van der Waals surface area contributed by atoms with Gasteiger partial charge in [0.25, 0.3) is 0 Å². The lowest BCUT2D eigenvalue weighted by atomic mass is 9.92. The van der Waals surface area contributed by atoms with Crippen LogP contribution in [0.3, 0.4) is 0 Å². The monoisotopic (exact) mass is 276 g/mol. The third kappa shape index (κ3) is 1.50. The Labute approximate surface area is 125 Å². The maximum Gasteiger partial charge on any atom is 0.167 e. The minimum atomic E-state index is 0.349. The zero-order chi connectivity index (χ0) is 14.1. The van der Waals surface area contributed by atoms with E-state index in [9.17, 15) is 4.79 Å². The first-order valence-electron chi connectivity index (χ1n) is 8.28. The van der Waals surface area contributed by atoms with Gasteiger partial charge in [0.2, 0.25) is 0 Å². The van der Waals surface area contributed by atoms with Crippen molar-refractivity contribution in [3.63, 3.8) is 0 Å². The lowest BCUT2D eigenvalue weighted by molar-refractivity contribution is 0.0946. The smallest absolute Gasteiger partial charge is 0.167 e. The number of ketones is 1. The van der Waals surface area contributed by atoms with Crippen molar-refractivity contribution < 1.29 is 4.79 Å². The van der Waals surface area contributed by atoms with Crippen molar-refractivity contribution in [2.24, 2.45) is 29.6 Å². The SMILES string of the molecule is Cc1ccc(C(=O)C2C3C4CCC(C4)C23)c2ccccc12. The molecule has 3 fully saturated rings. The van der Waals surface area contributed by atoms with Crippen molar-refractivity contribution in [2.45, 2.75) is 26.2 Å². The van der Waals surface area contributed by atoms with E-state index in [0.717, 1.165) is 34.6 Å². The maximum atomic E-state index is 13.1. The molecule has 5 rings (SSSR count). The molecule has 0 spiro atoms. The summed E-state index contributed by atoms with van der Waals surface area (Å²) in [6.45, 7) is 2.13. The number of benzene rings is 2. The molecule has 1 nitrogen and oxygen atoms in total. The van der Waals surface area contributed by atoms with Gasteiger partial charge in [-0.25, -0.2) is 0 Å². The second-order valence-electron chi connectivity index (χ2n) is 7.35. The van der Waals surface area contributed by atoms with Crippen LogP contribution in [-0.2, 0) is 0 Å². The largest absolute Gasteiger partial charge is 0.294 e. The molecule has 0 aliphatic heterocycles. The molecule has 3 aliphatic carbocycles. The summed E-state index contributed by atoms with van der Waals surface area (Å²) < 4.78 is 0. The van der Waals surface area contributed by atoms with Gasteiger partial charge in [-0.15, -0.1) is 0 Å². The third-order valence-electron chi connectivity index (χ3n) is 6.45. The molecule has 4 unspecified atom stereocenters. The summed E-state index contributed by atoms with van der Waals surface area (Å²) in [5.74, 6) is 3.98. The number of fused-ring (bicyclic) bond motifs is 6. The molecule has 2 bridgehead atoms. The first-order chi connectivity index (χ1) is 10.3. The Morgan fingerprint density at radius 3 is 2.33 bits per heavy atom. The van der Waals surface area contributed by atoms with Gasteiger partial charge in [0, 0.05) is 11.5 Å². The van der Waals surface area contributed by atoms with Gasteiger partial charge in [-0.1, -0.05) is 36.4 Å². The highest BCUT2D eigenvalue weighted by molar-refractivity contribution is 6.11. The second-order valence-corrected chi connectivity index (χ2v) is 7.35. The molecular weight excluding hydrogens is 256 g/mol. The van der Waals surface area contributed by atoms with Crippen LogP contribution in [0, 0.1) is 36.5 Å². The fourth-order valence-corrected chi connectivity index (χ4v) is 5.52. The summed E-state index contributed by atoms with van der Waals surface area (Å²) in [6.07, 6.45) is 4.17. The Balaban J connectivity index is 1.57. The summed E-state index contributed by atoms with van der Waals surface area (Å²) in [5, 5.41) is 2.39.